The summed E-state index contributed by atoms with van der Waals surface area (Å²) in [7, 11) is -2.07. The minimum Gasteiger partial charge on any atom is -0.443 e. The molecule has 1 aromatic rings. The predicted octanol–water partition coefficient (Wildman–Crippen LogP) is 3.66. The largest absolute Gasteiger partial charge is 0.443 e. The molecular formula is C16H22NO4P. The topological polar surface area (TPSA) is 76.4 Å². The lowest BCUT2D eigenvalue weighted by Crippen LogP contribution is -2.16. The Labute approximate surface area is 132 Å². The van der Waals surface area contributed by atoms with Gasteiger partial charge in [0.1, 0.15) is 6.07 Å². The zero-order valence-electron chi connectivity index (χ0n) is 13.0. The van der Waals surface area contributed by atoms with E-state index >= 15 is 0 Å². The third kappa shape index (κ3) is 7.40. The average Bonchev–Trinajstić information content (AvgIpc) is 2.52. The van der Waals surface area contributed by atoms with Crippen molar-refractivity contribution >= 4 is 14.0 Å². The number of ether oxygens (including phenoxy) is 1. The Morgan fingerprint density at radius 1 is 1.32 bits per heavy atom. The molecule has 1 rings (SSSR count). The van der Waals surface area contributed by atoms with Crippen LogP contribution in [-0.2, 0) is 13.8 Å². The van der Waals surface area contributed by atoms with Crippen LogP contribution >= 0.6 is 8.03 Å². The molecule has 2 unspecified atom stereocenters. The number of rotatable bonds is 9. The fourth-order valence-electron chi connectivity index (χ4n) is 1.68. The fourth-order valence-corrected chi connectivity index (χ4v) is 2.84. The van der Waals surface area contributed by atoms with Crippen molar-refractivity contribution in [1.29, 1.82) is 5.26 Å². The molecule has 2 atom stereocenters. The number of benzene rings is 1. The first-order valence-corrected chi connectivity index (χ1v) is 8.86. The number of hydrogen-bond donors (Lipinski definition) is 0. The van der Waals surface area contributed by atoms with Crippen LogP contribution in [0.25, 0.3) is 0 Å². The molecule has 0 fully saturated rings. The van der Waals surface area contributed by atoms with Crippen LogP contribution < -0.4 is 0 Å². The first-order valence-electron chi connectivity index (χ1n) is 7.34. The summed E-state index contributed by atoms with van der Waals surface area (Å²) in [6.07, 6.45) is 0.457. The number of esters is 1. The molecule has 0 aliphatic rings. The number of nitriles is 1. The third-order valence-corrected chi connectivity index (χ3v) is 4.08. The summed E-state index contributed by atoms with van der Waals surface area (Å²) in [5.41, 5.74) is 0.414. The van der Waals surface area contributed by atoms with Gasteiger partial charge in [0.05, 0.1) is 12.2 Å². The van der Waals surface area contributed by atoms with Gasteiger partial charge in [-0.1, -0.05) is 32.0 Å². The molecule has 0 bridgehead atoms. The highest BCUT2D eigenvalue weighted by atomic mass is 31.1. The molecular weight excluding hydrogens is 301 g/mol. The second-order valence-corrected chi connectivity index (χ2v) is 6.89. The van der Waals surface area contributed by atoms with Crippen LogP contribution in [0.1, 0.15) is 37.0 Å². The molecule has 0 radical (unpaired) electrons. The number of carbonyl (C=O) groups excluding carboxylic acids is 1. The van der Waals surface area contributed by atoms with E-state index in [1.54, 1.807) is 30.3 Å². The Kier molecular flexibility index (Phi) is 8.50. The van der Waals surface area contributed by atoms with Crippen LogP contribution in [0.15, 0.2) is 30.3 Å². The van der Waals surface area contributed by atoms with Gasteiger partial charge in [0, 0.05) is 6.16 Å². The van der Waals surface area contributed by atoms with E-state index in [1.165, 1.54) is 0 Å². The highest BCUT2D eigenvalue weighted by Crippen LogP contribution is 2.25. The number of carbonyl (C=O) groups is 1. The van der Waals surface area contributed by atoms with E-state index in [1.807, 2.05) is 19.9 Å². The summed E-state index contributed by atoms with van der Waals surface area (Å²) in [5, 5.41) is 9.03. The van der Waals surface area contributed by atoms with Crippen molar-refractivity contribution in [3.05, 3.63) is 35.9 Å². The normalized spacial score (nSPS) is 13.4. The van der Waals surface area contributed by atoms with Crippen LogP contribution in [0.2, 0.25) is 0 Å². The van der Waals surface area contributed by atoms with E-state index in [0.29, 0.717) is 37.1 Å². The first-order chi connectivity index (χ1) is 10.5. The molecule has 0 spiro atoms. The Morgan fingerprint density at radius 2 is 2.00 bits per heavy atom. The minimum absolute atomic E-state index is 0.340. The molecule has 0 aliphatic heterocycles. The molecule has 0 saturated carbocycles. The third-order valence-electron chi connectivity index (χ3n) is 2.83. The molecule has 0 amide bonds. The molecule has 120 valence electrons. The van der Waals surface area contributed by atoms with E-state index in [4.69, 9.17) is 14.5 Å². The molecule has 0 aromatic heterocycles. The SMILES string of the molecule is CC(C)CO[PH](=O)CCCC(C#N)OC(=O)c1ccccc1. The highest BCUT2D eigenvalue weighted by Gasteiger charge is 2.15. The van der Waals surface area contributed by atoms with Gasteiger partial charge < -0.3 is 9.26 Å². The molecule has 5 nitrogen and oxygen atoms in total. The molecule has 1 aromatic carbocycles. The van der Waals surface area contributed by atoms with Gasteiger partial charge in [-0.25, -0.2) is 4.79 Å². The monoisotopic (exact) mass is 323 g/mol. The Morgan fingerprint density at radius 3 is 2.59 bits per heavy atom. The molecule has 0 saturated heterocycles. The van der Waals surface area contributed by atoms with Crippen molar-refractivity contribution in [2.24, 2.45) is 5.92 Å². The maximum atomic E-state index is 11.8. The molecule has 6 heteroatoms. The van der Waals surface area contributed by atoms with Crippen molar-refractivity contribution in [3.8, 4) is 6.07 Å². The van der Waals surface area contributed by atoms with Gasteiger partial charge in [0.2, 0.25) is 0 Å². The summed E-state index contributed by atoms with van der Waals surface area (Å²) in [4.78, 5) is 11.8. The zero-order chi connectivity index (χ0) is 16.4. The standard InChI is InChI=1S/C16H22NO4P/c1-13(2)12-20-22(19)10-6-9-15(11-17)21-16(18)14-7-4-3-5-8-14/h3-5,7-8,13,15,22H,6,9-10,12H2,1-2H3. The summed E-state index contributed by atoms with van der Waals surface area (Å²) in [6, 6.07) is 10.5. The van der Waals surface area contributed by atoms with Crippen LogP contribution in [0.5, 0.6) is 0 Å². The molecule has 0 heterocycles. The van der Waals surface area contributed by atoms with Crippen LogP contribution in [0.3, 0.4) is 0 Å². The van der Waals surface area contributed by atoms with E-state index < -0.39 is 20.1 Å². The van der Waals surface area contributed by atoms with Crippen LogP contribution in [-0.4, -0.2) is 24.8 Å². The lowest BCUT2D eigenvalue weighted by atomic mass is 10.2. The second kappa shape index (κ2) is 10.2. The Bertz CT molecular complexity index is 525. The maximum absolute atomic E-state index is 11.8. The maximum Gasteiger partial charge on any atom is 0.339 e. The number of nitrogens with zero attached hydrogens (tertiary/aromatic N) is 1. The van der Waals surface area contributed by atoms with E-state index in [0.717, 1.165) is 0 Å². The lowest BCUT2D eigenvalue weighted by molar-refractivity contribution is 0.0392. The average molecular weight is 323 g/mol. The smallest absolute Gasteiger partial charge is 0.339 e. The summed E-state index contributed by atoms with van der Waals surface area (Å²) in [5.74, 6) is -0.177. The molecule has 0 N–H and O–H groups in total. The van der Waals surface area contributed by atoms with Crippen molar-refractivity contribution in [2.75, 3.05) is 12.8 Å². The van der Waals surface area contributed by atoms with E-state index in [-0.39, 0.29) is 0 Å². The van der Waals surface area contributed by atoms with Gasteiger partial charge in [-0.3, -0.25) is 4.57 Å². The van der Waals surface area contributed by atoms with Gasteiger partial charge in [0.15, 0.2) is 14.1 Å². The first kappa shape index (κ1) is 18.4. The van der Waals surface area contributed by atoms with E-state index in [2.05, 4.69) is 0 Å². The Hall–Kier alpha value is -1.63. The fraction of sp³-hybridized carbons (Fsp3) is 0.500. The van der Waals surface area contributed by atoms with Crippen molar-refractivity contribution in [3.63, 3.8) is 0 Å². The van der Waals surface area contributed by atoms with Crippen molar-refractivity contribution < 1.29 is 18.6 Å². The molecule has 0 aliphatic carbocycles. The second-order valence-electron chi connectivity index (χ2n) is 5.36. The summed E-state index contributed by atoms with van der Waals surface area (Å²) in [6.45, 7) is 4.45. The van der Waals surface area contributed by atoms with Crippen LogP contribution in [0.4, 0.5) is 0 Å². The van der Waals surface area contributed by atoms with E-state index in [9.17, 15) is 9.36 Å². The van der Waals surface area contributed by atoms with Gasteiger partial charge in [-0.15, -0.1) is 0 Å². The number of hydrogen-bond acceptors (Lipinski definition) is 5. The van der Waals surface area contributed by atoms with Crippen molar-refractivity contribution in [1.82, 2.24) is 0 Å². The molecule has 22 heavy (non-hydrogen) atoms. The van der Waals surface area contributed by atoms with Crippen LogP contribution in [0, 0.1) is 17.2 Å². The lowest BCUT2D eigenvalue weighted by Gasteiger charge is -2.11. The summed E-state index contributed by atoms with van der Waals surface area (Å²) >= 11 is 0. The van der Waals surface area contributed by atoms with Gasteiger partial charge >= 0.3 is 5.97 Å². The van der Waals surface area contributed by atoms with Gasteiger partial charge in [-0.05, 0) is 30.9 Å². The van der Waals surface area contributed by atoms with Crippen molar-refractivity contribution in [2.45, 2.75) is 32.8 Å². The Balaban J connectivity index is 2.32. The zero-order valence-corrected chi connectivity index (χ0v) is 14.0. The summed E-state index contributed by atoms with van der Waals surface area (Å²) < 4.78 is 22.0. The highest BCUT2D eigenvalue weighted by molar-refractivity contribution is 7.39. The minimum atomic E-state index is -2.07. The quantitative estimate of drug-likeness (QED) is 0.512. The predicted molar refractivity (Wildman–Crippen MR) is 85.2 cm³/mol. The van der Waals surface area contributed by atoms with Gasteiger partial charge in [-0.2, -0.15) is 5.26 Å². The van der Waals surface area contributed by atoms with Gasteiger partial charge in [0.25, 0.3) is 0 Å².